The van der Waals surface area contributed by atoms with Gasteiger partial charge in [0, 0.05) is 0 Å². The minimum absolute atomic E-state index is 0.732. The average Bonchev–Trinajstić information content (AvgIpc) is 2.34. The van der Waals surface area contributed by atoms with Gasteiger partial charge in [0.1, 0.15) is 0 Å². The number of benzene rings is 2. The Balaban J connectivity index is 2.04. The molecule has 2 rings (SSSR count). The summed E-state index contributed by atoms with van der Waals surface area (Å²) in [7, 11) is 0.765. The molecule has 0 radical (unpaired) electrons. The molecule has 0 spiro atoms. The lowest BCUT2D eigenvalue weighted by molar-refractivity contribution is 0.647. The molecule has 0 nitrogen and oxygen atoms in total. The number of hydrogen-bond acceptors (Lipinski definition) is 0. The lowest BCUT2D eigenvalue weighted by Gasteiger charge is -2.07. The molecule has 0 aromatic heterocycles. The quantitative estimate of drug-likeness (QED) is 0.729. The van der Waals surface area contributed by atoms with Gasteiger partial charge in [0.15, 0.2) is 0 Å². The fourth-order valence-electron chi connectivity index (χ4n) is 2.00. The highest BCUT2D eigenvalue weighted by Crippen LogP contribution is 2.13. The van der Waals surface area contributed by atoms with Crippen LogP contribution in [0.3, 0.4) is 0 Å². The first-order valence-electron chi connectivity index (χ1n) is 6.56. The van der Waals surface area contributed by atoms with Crippen LogP contribution >= 0.6 is 8.58 Å². The molecule has 2 aromatic carbocycles. The molecule has 0 fully saturated rings. The third-order valence-corrected chi connectivity index (χ3v) is 4.18. The molecule has 2 aromatic rings. The molecule has 0 amide bonds. The normalized spacial score (nSPS) is 11.6. The molecule has 0 N–H and O–H groups in total. The molecule has 0 bridgehead atoms. The van der Waals surface area contributed by atoms with Gasteiger partial charge in [-0.15, -0.1) is 0 Å². The number of aryl methyl sites for hydroxylation is 1. The Morgan fingerprint density at radius 1 is 0.833 bits per heavy atom. The predicted molar refractivity (Wildman–Crippen MR) is 83.7 cm³/mol. The van der Waals surface area contributed by atoms with Crippen molar-refractivity contribution in [1.29, 1.82) is 0 Å². The Morgan fingerprint density at radius 2 is 1.33 bits per heavy atom. The summed E-state index contributed by atoms with van der Waals surface area (Å²) in [6, 6.07) is 17.9. The zero-order valence-corrected chi connectivity index (χ0v) is 12.4. The van der Waals surface area contributed by atoms with Gasteiger partial charge in [0.2, 0.25) is 0 Å². The monoisotopic (exact) mass is 256 g/mol. The van der Waals surface area contributed by atoms with E-state index in [0.29, 0.717) is 0 Å². The van der Waals surface area contributed by atoms with E-state index in [1.807, 2.05) is 0 Å². The van der Waals surface area contributed by atoms with Crippen LogP contribution in [0.25, 0.3) is 0 Å². The van der Waals surface area contributed by atoms with E-state index in [9.17, 15) is 0 Å². The molecule has 1 unspecified atom stereocenters. The lowest BCUT2D eigenvalue weighted by atomic mass is 10.0. The molecule has 1 atom stereocenters. The Kier molecular flexibility index (Phi) is 4.55. The van der Waals surface area contributed by atoms with Crippen molar-refractivity contribution in [3.63, 3.8) is 0 Å². The maximum atomic E-state index is 2.27. The summed E-state index contributed by atoms with van der Waals surface area (Å²) in [5, 5.41) is 2.84. The first-order chi connectivity index (χ1) is 8.63. The highest BCUT2D eigenvalue weighted by Gasteiger charge is 1.99. The van der Waals surface area contributed by atoms with E-state index >= 15 is 0 Å². The van der Waals surface area contributed by atoms with Crippen LogP contribution in [-0.4, -0.2) is 0 Å². The van der Waals surface area contributed by atoms with Crippen molar-refractivity contribution in [1.82, 2.24) is 0 Å². The highest BCUT2D eigenvalue weighted by atomic mass is 31.1. The first-order valence-corrected chi connectivity index (χ1v) is 7.56. The first kappa shape index (κ1) is 13.3. The number of rotatable bonds is 4. The minimum atomic E-state index is 0.732. The van der Waals surface area contributed by atoms with Crippen LogP contribution in [0.2, 0.25) is 0 Å². The largest absolute Gasteiger partial charge is 0.0625 e. The van der Waals surface area contributed by atoms with E-state index in [4.69, 9.17) is 0 Å². The van der Waals surface area contributed by atoms with Crippen molar-refractivity contribution < 1.29 is 0 Å². The van der Waals surface area contributed by atoms with Crippen LogP contribution in [0.4, 0.5) is 0 Å². The second-order valence-electron chi connectivity index (χ2n) is 5.29. The Labute approximate surface area is 112 Å². The topological polar surface area (TPSA) is 0 Å². The van der Waals surface area contributed by atoms with Crippen LogP contribution in [0.5, 0.6) is 0 Å². The van der Waals surface area contributed by atoms with Gasteiger partial charge >= 0.3 is 0 Å². The summed E-state index contributed by atoms with van der Waals surface area (Å²) >= 11 is 0. The van der Waals surface area contributed by atoms with Gasteiger partial charge in [-0.25, -0.2) is 0 Å². The van der Waals surface area contributed by atoms with E-state index in [1.165, 1.54) is 28.2 Å². The van der Waals surface area contributed by atoms with Crippen molar-refractivity contribution in [2.24, 2.45) is 5.92 Å². The maximum Gasteiger partial charge on any atom is -0.0226 e. The van der Waals surface area contributed by atoms with Crippen molar-refractivity contribution in [3.05, 3.63) is 59.7 Å². The molecule has 1 heteroatoms. The fraction of sp³-hybridized carbons (Fsp3) is 0.294. The van der Waals surface area contributed by atoms with Crippen LogP contribution in [0.15, 0.2) is 48.5 Å². The van der Waals surface area contributed by atoms with Crippen LogP contribution in [0.1, 0.15) is 25.0 Å². The van der Waals surface area contributed by atoms with Crippen LogP contribution < -0.4 is 10.6 Å². The molecule has 0 heterocycles. The molecule has 0 aliphatic carbocycles. The number of hydrogen-bond donors (Lipinski definition) is 0. The molecule has 0 aliphatic rings. The van der Waals surface area contributed by atoms with E-state index in [-0.39, 0.29) is 0 Å². The average molecular weight is 256 g/mol. The molecule has 0 saturated heterocycles. The van der Waals surface area contributed by atoms with E-state index in [0.717, 1.165) is 14.5 Å². The highest BCUT2D eigenvalue weighted by molar-refractivity contribution is 7.55. The summed E-state index contributed by atoms with van der Waals surface area (Å²) in [4.78, 5) is 0. The van der Waals surface area contributed by atoms with E-state index < -0.39 is 0 Å². The molecular weight excluding hydrogens is 235 g/mol. The summed E-state index contributed by atoms with van der Waals surface area (Å²) < 4.78 is 0. The summed E-state index contributed by atoms with van der Waals surface area (Å²) in [5.74, 6) is 0.732. The Hall–Kier alpha value is -1.13. The molecule has 94 valence electrons. The van der Waals surface area contributed by atoms with Gasteiger partial charge < -0.3 is 0 Å². The predicted octanol–water partition coefficient (Wildman–Crippen LogP) is 3.82. The zero-order chi connectivity index (χ0) is 13.0. The summed E-state index contributed by atoms with van der Waals surface area (Å²) in [6.45, 7) is 6.66. The molecule has 0 saturated carbocycles. The Bertz CT molecular complexity index is 480. The van der Waals surface area contributed by atoms with E-state index in [2.05, 4.69) is 69.3 Å². The van der Waals surface area contributed by atoms with Gasteiger partial charge in [0.05, 0.1) is 0 Å². The second-order valence-corrected chi connectivity index (χ2v) is 6.69. The Morgan fingerprint density at radius 3 is 1.83 bits per heavy atom. The molecule has 18 heavy (non-hydrogen) atoms. The fourth-order valence-corrected chi connectivity index (χ4v) is 3.00. The smallest absolute Gasteiger partial charge is 0.0226 e. The van der Waals surface area contributed by atoms with Gasteiger partial charge in [-0.2, -0.15) is 0 Å². The van der Waals surface area contributed by atoms with Gasteiger partial charge in [0.25, 0.3) is 0 Å². The van der Waals surface area contributed by atoms with Crippen molar-refractivity contribution >= 4 is 19.2 Å². The van der Waals surface area contributed by atoms with Crippen LogP contribution in [-0.2, 0) is 6.42 Å². The third kappa shape index (κ3) is 3.96. The lowest BCUT2D eigenvalue weighted by Crippen LogP contribution is -2.04. The molecular formula is C17H21P. The summed E-state index contributed by atoms with van der Waals surface area (Å²) in [6.07, 6.45) is 1.17. The standard InChI is InChI=1S/C17H21P/c1-13(2)12-15-6-10-17(11-7-15)18-16-8-4-14(3)5-9-16/h4-11,13,18H,12H2,1-3H3. The molecule has 0 aliphatic heterocycles. The van der Waals surface area contributed by atoms with Gasteiger partial charge in [-0.3, -0.25) is 0 Å². The zero-order valence-electron chi connectivity index (χ0n) is 11.4. The third-order valence-electron chi connectivity index (χ3n) is 2.94. The van der Waals surface area contributed by atoms with Gasteiger partial charge in [-0.05, 0) is 35.4 Å². The van der Waals surface area contributed by atoms with Crippen LogP contribution in [0, 0.1) is 12.8 Å². The second kappa shape index (κ2) is 6.16. The summed E-state index contributed by atoms with van der Waals surface area (Å²) in [5.41, 5.74) is 2.78. The minimum Gasteiger partial charge on any atom is -0.0625 e. The van der Waals surface area contributed by atoms with Gasteiger partial charge in [-0.1, -0.05) is 76.5 Å². The SMILES string of the molecule is Cc1ccc(Pc2ccc(CC(C)C)cc2)cc1. The maximum absolute atomic E-state index is 2.27. The van der Waals surface area contributed by atoms with Crippen molar-refractivity contribution in [2.45, 2.75) is 27.2 Å². The van der Waals surface area contributed by atoms with Crippen molar-refractivity contribution in [2.75, 3.05) is 0 Å². The van der Waals surface area contributed by atoms with Crippen molar-refractivity contribution in [3.8, 4) is 0 Å². The van der Waals surface area contributed by atoms with E-state index in [1.54, 1.807) is 0 Å².